The normalized spacial score (nSPS) is 12.5. The molecule has 6 heteroatoms. The lowest BCUT2D eigenvalue weighted by molar-refractivity contribution is -0.125. The number of nitrogens with zero attached hydrogens (tertiary/aromatic N) is 2. The van der Waals surface area contributed by atoms with E-state index >= 15 is 0 Å². The molecule has 1 N–H and O–H groups in total. The van der Waals surface area contributed by atoms with Gasteiger partial charge in [-0.2, -0.15) is 0 Å². The molecule has 1 heterocycles. The van der Waals surface area contributed by atoms with E-state index in [1.54, 1.807) is 43.3 Å². The highest BCUT2D eigenvalue weighted by Crippen LogP contribution is 2.21. The third-order valence-corrected chi connectivity index (χ3v) is 4.39. The largest absolute Gasteiger partial charge is 0.508 e. The van der Waals surface area contributed by atoms with Crippen LogP contribution in [-0.4, -0.2) is 35.1 Å². The van der Waals surface area contributed by atoms with Crippen molar-refractivity contribution in [1.82, 2.24) is 9.88 Å². The Morgan fingerprint density at radius 2 is 2.30 bits per heavy atom. The van der Waals surface area contributed by atoms with Gasteiger partial charge in [-0.05, 0) is 30.7 Å². The quantitative estimate of drug-likeness (QED) is 0.825. The van der Waals surface area contributed by atoms with Gasteiger partial charge in [-0.3, -0.25) is 4.79 Å². The van der Waals surface area contributed by atoms with Crippen LogP contribution in [-0.2, 0) is 16.1 Å². The molecule has 0 spiro atoms. The number of likely N-dealkylation sites (N-methyl/N-ethyl adjacent to an activating group) is 1. The lowest BCUT2D eigenvalue weighted by Crippen LogP contribution is -2.24. The van der Waals surface area contributed by atoms with Gasteiger partial charge in [0.1, 0.15) is 16.9 Å². The molecule has 1 unspecified atom stereocenters. The second-order valence-electron chi connectivity index (χ2n) is 5.18. The van der Waals surface area contributed by atoms with Gasteiger partial charge in [-0.25, -0.2) is 4.98 Å². The van der Waals surface area contributed by atoms with E-state index in [-0.39, 0.29) is 17.8 Å². The van der Waals surface area contributed by atoms with Crippen molar-refractivity contribution in [2.75, 3.05) is 14.2 Å². The fraction of sp³-hybridized carbons (Fsp3) is 0.294. The number of hydrogen-bond acceptors (Lipinski definition) is 5. The van der Waals surface area contributed by atoms with Gasteiger partial charge < -0.3 is 14.7 Å². The van der Waals surface area contributed by atoms with E-state index in [1.165, 1.54) is 17.4 Å². The third kappa shape index (κ3) is 4.91. The molecule has 0 aliphatic carbocycles. The fourth-order valence-corrected chi connectivity index (χ4v) is 2.77. The molecule has 0 aliphatic heterocycles. The second kappa shape index (κ2) is 7.89. The fourth-order valence-electron chi connectivity index (χ4n) is 1.93. The van der Waals surface area contributed by atoms with Crippen LogP contribution in [0.1, 0.15) is 29.3 Å². The van der Waals surface area contributed by atoms with E-state index in [0.29, 0.717) is 6.54 Å². The van der Waals surface area contributed by atoms with Crippen molar-refractivity contribution in [3.05, 3.63) is 52.0 Å². The SMILES string of the molecule is COC(C)c1nc(CN(C)C(=O)/C=C/c2cccc(O)c2)cs1. The Morgan fingerprint density at radius 1 is 1.52 bits per heavy atom. The summed E-state index contributed by atoms with van der Waals surface area (Å²) in [5, 5.41) is 12.2. The maximum atomic E-state index is 12.1. The first kappa shape index (κ1) is 17.2. The minimum Gasteiger partial charge on any atom is -0.508 e. The van der Waals surface area contributed by atoms with Gasteiger partial charge >= 0.3 is 0 Å². The Balaban J connectivity index is 1.96. The molecule has 1 aromatic carbocycles. The van der Waals surface area contributed by atoms with E-state index < -0.39 is 0 Å². The van der Waals surface area contributed by atoms with Crippen molar-refractivity contribution < 1.29 is 14.6 Å². The lowest BCUT2D eigenvalue weighted by atomic mass is 10.2. The summed E-state index contributed by atoms with van der Waals surface area (Å²) in [4.78, 5) is 18.2. The Bertz CT molecular complexity index is 697. The molecular weight excluding hydrogens is 312 g/mol. The number of phenolic OH excluding ortho intramolecular Hbond substituents is 1. The summed E-state index contributed by atoms with van der Waals surface area (Å²) in [6, 6.07) is 6.74. The third-order valence-electron chi connectivity index (χ3n) is 3.33. The van der Waals surface area contributed by atoms with Gasteiger partial charge in [0.2, 0.25) is 5.91 Å². The number of methoxy groups -OCH3 is 1. The minimum absolute atomic E-state index is 0.0413. The molecule has 0 fully saturated rings. The average Bonchev–Trinajstić information content (AvgIpc) is 3.00. The standard InChI is InChI=1S/C17H20N2O3S/c1-12(22-3)17-18-14(11-23-17)10-19(2)16(21)8-7-13-5-4-6-15(20)9-13/h4-9,11-12,20H,10H2,1-3H3/b8-7+. The first-order valence-corrected chi connectivity index (χ1v) is 8.07. The number of thiazole rings is 1. The predicted octanol–water partition coefficient (Wildman–Crippen LogP) is 3.23. The summed E-state index contributed by atoms with van der Waals surface area (Å²) < 4.78 is 5.23. The average molecular weight is 332 g/mol. The van der Waals surface area contributed by atoms with Crippen molar-refractivity contribution in [3.63, 3.8) is 0 Å². The molecule has 23 heavy (non-hydrogen) atoms. The number of hydrogen-bond donors (Lipinski definition) is 1. The molecular formula is C17H20N2O3S. The van der Waals surface area contributed by atoms with Crippen LogP contribution in [0.15, 0.2) is 35.7 Å². The maximum Gasteiger partial charge on any atom is 0.246 e. The maximum absolute atomic E-state index is 12.1. The van der Waals surface area contributed by atoms with Crippen LogP contribution < -0.4 is 0 Å². The summed E-state index contributed by atoms with van der Waals surface area (Å²) in [6.07, 6.45) is 3.12. The Morgan fingerprint density at radius 3 is 3.00 bits per heavy atom. The van der Waals surface area contributed by atoms with Crippen LogP contribution in [0.5, 0.6) is 5.75 Å². The zero-order valence-electron chi connectivity index (χ0n) is 13.4. The van der Waals surface area contributed by atoms with Gasteiger partial charge in [0.15, 0.2) is 0 Å². The Kier molecular flexibility index (Phi) is 5.90. The van der Waals surface area contributed by atoms with Gasteiger partial charge in [0.25, 0.3) is 0 Å². The van der Waals surface area contributed by atoms with E-state index in [4.69, 9.17) is 4.74 Å². The van der Waals surface area contributed by atoms with E-state index in [0.717, 1.165) is 16.3 Å². The highest BCUT2D eigenvalue weighted by molar-refractivity contribution is 7.09. The van der Waals surface area contributed by atoms with Crippen LogP contribution >= 0.6 is 11.3 Å². The van der Waals surface area contributed by atoms with Crippen molar-refractivity contribution in [1.29, 1.82) is 0 Å². The highest BCUT2D eigenvalue weighted by Gasteiger charge is 2.12. The molecule has 2 rings (SSSR count). The molecule has 1 amide bonds. The van der Waals surface area contributed by atoms with E-state index in [1.807, 2.05) is 18.4 Å². The van der Waals surface area contributed by atoms with Crippen LogP contribution in [0.2, 0.25) is 0 Å². The molecule has 1 atom stereocenters. The molecule has 0 aliphatic rings. The summed E-state index contributed by atoms with van der Waals surface area (Å²) in [7, 11) is 3.38. The van der Waals surface area contributed by atoms with Crippen LogP contribution in [0.25, 0.3) is 6.08 Å². The van der Waals surface area contributed by atoms with Crippen molar-refractivity contribution in [2.24, 2.45) is 0 Å². The smallest absolute Gasteiger partial charge is 0.246 e. The van der Waals surface area contributed by atoms with Crippen LogP contribution in [0.3, 0.4) is 0 Å². The molecule has 0 saturated carbocycles. The number of rotatable bonds is 6. The first-order chi connectivity index (χ1) is 11.0. The predicted molar refractivity (Wildman–Crippen MR) is 91.2 cm³/mol. The van der Waals surface area contributed by atoms with Crippen molar-refractivity contribution in [2.45, 2.75) is 19.6 Å². The molecule has 2 aromatic rings. The van der Waals surface area contributed by atoms with Crippen LogP contribution in [0, 0.1) is 0 Å². The molecule has 5 nitrogen and oxygen atoms in total. The van der Waals surface area contributed by atoms with Gasteiger partial charge in [-0.15, -0.1) is 11.3 Å². The Labute approximate surface area is 139 Å². The number of aromatic nitrogens is 1. The number of ether oxygens (including phenoxy) is 1. The second-order valence-corrected chi connectivity index (χ2v) is 6.07. The zero-order valence-corrected chi connectivity index (χ0v) is 14.2. The van der Waals surface area contributed by atoms with E-state index in [2.05, 4.69) is 4.98 Å². The molecule has 0 bridgehead atoms. The zero-order chi connectivity index (χ0) is 16.8. The van der Waals surface area contributed by atoms with Crippen LogP contribution in [0.4, 0.5) is 0 Å². The monoisotopic (exact) mass is 332 g/mol. The first-order valence-electron chi connectivity index (χ1n) is 7.19. The number of benzene rings is 1. The highest BCUT2D eigenvalue weighted by atomic mass is 32.1. The van der Waals surface area contributed by atoms with Gasteiger partial charge in [0, 0.05) is 25.6 Å². The molecule has 1 aromatic heterocycles. The number of phenols is 1. The number of aromatic hydroxyl groups is 1. The van der Waals surface area contributed by atoms with Gasteiger partial charge in [0.05, 0.1) is 12.2 Å². The van der Waals surface area contributed by atoms with Crippen molar-refractivity contribution >= 4 is 23.3 Å². The number of carbonyl (C=O) groups is 1. The van der Waals surface area contributed by atoms with Crippen molar-refractivity contribution in [3.8, 4) is 5.75 Å². The Hall–Kier alpha value is -2.18. The number of carbonyl (C=O) groups excluding carboxylic acids is 1. The molecule has 0 saturated heterocycles. The minimum atomic E-state index is -0.123. The molecule has 122 valence electrons. The summed E-state index contributed by atoms with van der Waals surface area (Å²) in [5.74, 6) is 0.0536. The summed E-state index contributed by atoms with van der Waals surface area (Å²) in [6.45, 7) is 2.38. The topological polar surface area (TPSA) is 62.7 Å². The number of amides is 1. The van der Waals surface area contributed by atoms with E-state index in [9.17, 15) is 9.90 Å². The van der Waals surface area contributed by atoms with Gasteiger partial charge in [-0.1, -0.05) is 12.1 Å². The summed E-state index contributed by atoms with van der Waals surface area (Å²) in [5.41, 5.74) is 1.62. The lowest BCUT2D eigenvalue weighted by Gasteiger charge is -2.13. The molecule has 0 radical (unpaired) electrons. The summed E-state index contributed by atoms with van der Waals surface area (Å²) >= 11 is 1.53.